The lowest BCUT2D eigenvalue weighted by Crippen LogP contribution is -2.29. The molecule has 2 rings (SSSR count). The van der Waals surface area contributed by atoms with Crippen LogP contribution in [0.3, 0.4) is 0 Å². The minimum absolute atomic E-state index is 0.0491. The molecule has 0 aliphatic heterocycles. The highest BCUT2D eigenvalue weighted by atomic mass is 19.1. The first-order valence-corrected chi connectivity index (χ1v) is 7.04. The van der Waals surface area contributed by atoms with Gasteiger partial charge in [0.15, 0.2) is 0 Å². The van der Waals surface area contributed by atoms with E-state index in [1.54, 1.807) is 0 Å². The zero-order valence-corrected chi connectivity index (χ0v) is 11.9. The summed E-state index contributed by atoms with van der Waals surface area (Å²) in [6.45, 7) is 6.47. The van der Waals surface area contributed by atoms with Crippen LogP contribution in [0, 0.1) is 36.3 Å². The first-order valence-electron chi connectivity index (χ1n) is 7.04. The topological polar surface area (TPSA) is 9.23 Å². The Morgan fingerprint density at radius 1 is 1.16 bits per heavy atom. The lowest BCUT2D eigenvalue weighted by atomic mass is 9.72. The number of hydrogen-bond acceptors (Lipinski definition) is 1. The van der Waals surface area contributed by atoms with E-state index in [1.165, 1.54) is 38.3 Å². The first-order chi connectivity index (χ1) is 8.95. The Kier molecular flexibility index (Phi) is 4.43. The van der Waals surface area contributed by atoms with Crippen molar-refractivity contribution in [2.24, 2.45) is 17.8 Å². The molecule has 1 aliphatic rings. The predicted octanol–water partition coefficient (Wildman–Crippen LogP) is 4.72. The van der Waals surface area contributed by atoms with E-state index in [1.807, 2.05) is 0 Å². The highest BCUT2D eigenvalue weighted by Crippen LogP contribution is 2.38. The van der Waals surface area contributed by atoms with Gasteiger partial charge in [0.05, 0.1) is 6.61 Å². The van der Waals surface area contributed by atoms with E-state index < -0.39 is 11.6 Å². The molecule has 0 aromatic heterocycles. The van der Waals surface area contributed by atoms with Crippen molar-refractivity contribution in [3.63, 3.8) is 0 Å². The smallest absolute Gasteiger partial charge is 0.132 e. The van der Waals surface area contributed by atoms with Gasteiger partial charge in [-0.05, 0) is 43.9 Å². The van der Waals surface area contributed by atoms with Gasteiger partial charge >= 0.3 is 0 Å². The Bertz CT molecular complexity index is 413. The number of rotatable bonds is 5. The molecule has 1 aromatic rings. The molecular weight excluding hydrogens is 246 g/mol. The number of ether oxygens (including phenoxy) is 1. The van der Waals surface area contributed by atoms with Crippen molar-refractivity contribution in [1.29, 1.82) is 0 Å². The summed E-state index contributed by atoms with van der Waals surface area (Å²) in [5.74, 6) is 1.30. The molecule has 1 fully saturated rings. The van der Waals surface area contributed by atoms with Crippen molar-refractivity contribution in [2.75, 3.05) is 6.61 Å². The maximum absolute atomic E-state index is 13.3. The molecule has 0 spiro atoms. The molecule has 0 radical (unpaired) electrons. The second kappa shape index (κ2) is 5.89. The zero-order valence-electron chi connectivity index (χ0n) is 11.9. The molecule has 19 heavy (non-hydrogen) atoms. The van der Waals surface area contributed by atoms with Crippen molar-refractivity contribution >= 4 is 0 Å². The molecule has 0 atom stereocenters. The van der Waals surface area contributed by atoms with Gasteiger partial charge in [-0.25, -0.2) is 8.78 Å². The van der Waals surface area contributed by atoms with Gasteiger partial charge in [-0.15, -0.1) is 0 Å². The summed E-state index contributed by atoms with van der Waals surface area (Å²) in [7, 11) is 0. The van der Waals surface area contributed by atoms with Crippen LogP contribution in [-0.4, -0.2) is 6.61 Å². The Hall–Kier alpha value is -1.12. The minimum atomic E-state index is -0.540. The molecule has 0 amide bonds. The van der Waals surface area contributed by atoms with Crippen LogP contribution < -0.4 is 4.74 Å². The lowest BCUT2D eigenvalue weighted by molar-refractivity contribution is 0.105. The molecule has 0 unspecified atom stereocenters. The van der Waals surface area contributed by atoms with Crippen molar-refractivity contribution in [2.45, 2.75) is 40.0 Å². The highest BCUT2D eigenvalue weighted by Gasteiger charge is 2.29. The summed E-state index contributed by atoms with van der Waals surface area (Å²) in [5, 5.41) is 0. The third-order valence-corrected chi connectivity index (χ3v) is 3.88. The standard InChI is InChI=1S/C16H22F2O/c1-10(2)4-12-5-13(6-12)9-19-14-7-15(17)11(3)16(18)8-14/h7-8,10,12-13H,4-6,9H2,1-3H3. The first kappa shape index (κ1) is 14.3. The van der Waals surface area contributed by atoms with Crippen molar-refractivity contribution in [3.05, 3.63) is 29.3 Å². The summed E-state index contributed by atoms with van der Waals surface area (Å²) < 4.78 is 32.2. The van der Waals surface area contributed by atoms with Gasteiger partial charge in [0.2, 0.25) is 0 Å². The zero-order chi connectivity index (χ0) is 14.0. The molecule has 1 nitrogen and oxygen atoms in total. The van der Waals surface area contributed by atoms with E-state index in [0.29, 0.717) is 18.3 Å². The van der Waals surface area contributed by atoms with Gasteiger partial charge in [-0.1, -0.05) is 13.8 Å². The fraction of sp³-hybridized carbons (Fsp3) is 0.625. The average molecular weight is 268 g/mol. The van der Waals surface area contributed by atoms with Gasteiger partial charge < -0.3 is 4.74 Å². The van der Waals surface area contributed by atoms with E-state index in [0.717, 1.165) is 11.8 Å². The molecule has 0 N–H and O–H groups in total. The second-order valence-corrected chi connectivity index (χ2v) is 6.16. The van der Waals surface area contributed by atoms with E-state index >= 15 is 0 Å². The molecule has 3 heteroatoms. The minimum Gasteiger partial charge on any atom is -0.493 e. The van der Waals surface area contributed by atoms with Crippen LogP contribution in [0.15, 0.2) is 12.1 Å². The Labute approximate surface area is 114 Å². The normalized spacial score (nSPS) is 22.4. The van der Waals surface area contributed by atoms with Gasteiger partial charge in [0, 0.05) is 17.7 Å². The Morgan fingerprint density at radius 2 is 1.74 bits per heavy atom. The summed E-state index contributed by atoms with van der Waals surface area (Å²) >= 11 is 0. The molecule has 1 saturated carbocycles. The lowest BCUT2D eigenvalue weighted by Gasteiger charge is -2.36. The maximum atomic E-state index is 13.3. The summed E-state index contributed by atoms with van der Waals surface area (Å²) in [6.07, 6.45) is 3.62. The van der Waals surface area contributed by atoms with Gasteiger partial charge in [0.1, 0.15) is 17.4 Å². The number of benzene rings is 1. The van der Waals surface area contributed by atoms with Gasteiger partial charge in [0.25, 0.3) is 0 Å². The second-order valence-electron chi connectivity index (χ2n) is 6.16. The number of halogens is 2. The molecule has 0 bridgehead atoms. The molecule has 1 aliphatic carbocycles. The maximum Gasteiger partial charge on any atom is 0.132 e. The fourth-order valence-corrected chi connectivity index (χ4v) is 2.79. The van der Waals surface area contributed by atoms with Crippen LogP contribution in [0.2, 0.25) is 0 Å². The van der Waals surface area contributed by atoms with Crippen LogP contribution >= 0.6 is 0 Å². The van der Waals surface area contributed by atoms with Gasteiger partial charge in [-0.3, -0.25) is 0 Å². The van der Waals surface area contributed by atoms with Crippen molar-refractivity contribution < 1.29 is 13.5 Å². The summed E-state index contributed by atoms with van der Waals surface area (Å²) in [5.41, 5.74) is 0.0491. The predicted molar refractivity (Wildman–Crippen MR) is 72.3 cm³/mol. The molecule has 0 saturated heterocycles. The van der Waals surface area contributed by atoms with E-state index in [4.69, 9.17) is 4.74 Å². The molecule has 1 aromatic carbocycles. The third-order valence-electron chi connectivity index (χ3n) is 3.88. The Morgan fingerprint density at radius 3 is 2.26 bits per heavy atom. The SMILES string of the molecule is Cc1c(F)cc(OCC2CC(CC(C)C)C2)cc1F. The monoisotopic (exact) mass is 268 g/mol. The Balaban J connectivity index is 1.78. The number of hydrogen-bond donors (Lipinski definition) is 0. The molecule has 0 heterocycles. The van der Waals surface area contributed by atoms with Gasteiger partial charge in [-0.2, -0.15) is 0 Å². The van der Waals surface area contributed by atoms with Crippen LogP contribution in [0.5, 0.6) is 5.75 Å². The average Bonchev–Trinajstić information content (AvgIpc) is 2.28. The van der Waals surface area contributed by atoms with E-state index in [2.05, 4.69) is 13.8 Å². The summed E-state index contributed by atoms with van der Waals surface area (Å²) in [6, 6.07) is 2.53. The van der Waals surface area contributed by atoms with E-state index in [-0.39, 0.29) is 5.56 Å². The molecular formula is C16H22F2O. The van der Waals surface area contributed by atoms with Crippen molar-refractivity contribution in [1.82, 2.24) is 0 Å². The van der Waals surface area contributed by atoms with Crippen LogP contribution in [0.4, 0.5) is 8.78 Å². The largest absolute Gasteiger partial charge is 0.493 e. The van der Waals surface area contributed by atoms with Crippen LogP contribution in [-0.2, 0) is 0 Å². The van der Waals surface area contributed by atoms with E-state index in [9.17, 15) is 8.78 Å². The molecule has 106 valence electrons. The van der Waals surface area contributed by atoms with Crippen LogP contribution in [0.1, 0.15) is 38.7 Å². The quantitative estimate of drug-likeness (QED) is 0.750. The van der Waals surface area contributed by atoms with Crippen LogP contribution in [0.25, 0.3) is 0 Å². The summed E-state index contributed by atoms with van der Waals surface area (Å²) in [4.78, 5) is 0. The highest BCUT2D eigenvalue weighted by molar-refractivity contribution is 5.29. The van der Waals surface area contributed by atoms with Crippen molar-refractivity contribution in [3.8, 4) is 5.75 Å². The fourth-order valence-electron chi connectivity index (χ4n) is 2.79. The third kappa shape index (κ3) is 3.68.